The topological polar surface area (TPSA) is 17.8 Å². The second kappa shape index (κ2) is 7.52. The van der Waals surface area contributed by atoms with Gasteiger partial charge >= 0.3 is 0 Å². The van der Waals surface area contributed by atoms with E-state index in [0.29, 0.717) is 23.9 Å². The molecule has 2 heterocycles. The van der Waals surface area contributed by atoms with Crippen LogP contribution >= 0.6 is 11.3 Å². The molecule has 25 heavy (non-hydrogen) atoms. The fourth-order valence-corrected chi connectivity index (χ4v) is 3.98. The van der Waals surface area contributed by atoms with Crippen molar-refractivity contribution < 1.29 is 4.39 Å². The van der Waals surface area contributed by atoms with Gasteiger partial charge in [-0.05, 0) is 30.0 Å². The molecule has 3 rings (SSSR count). The van der Waals surface area contributed by atoms with Gasteiger partial charge in [0.15, 0.2) is 0 Å². The summed E-state index contributed by atoms with van der Waals surface area (Å²) in [4.78, 5) is 5.67. The molecule has 3 aromatic rings. The molecule has 0 spiro atoms. The van der Waals surface area contributed by atoms with Gasteiger partial charge in [-0.25, -0.2) is 9.37 Å². The van der Waals surface area contributed by atoms with Gasteiger partial charge in [0.1, 0.15) is 11.6 Å². The number of rotatable bonds is 6. The second-order valence-corrected chi connectivity index (χ2v) is 8.13. The highest BCUT2D eigenvalue weighted by molar-refractivity contribution is 7.09. The number of imidazole rings is 1. The van der Waals surface area contributed by atoms with E-state index in [9.17, 15) is 4.39 Å². The molecular weight excluding hydrogens is 331 g/mol. The van der Waals surface area contributed by atoms with Crippen molar-refractivity contribution in [3.8, 4) is 11.1 Å². The number of benzene rings is 1. The zero-order valence-corrected chi connectivity index (χ0v) is 16.0. The number of nitrogens with zero attached hydrogens (tertiary/aromatic N) is 2. The zero-order valence-electron chi connectivity index (χ0n) is 15.2. The number of hydrogen-bond acceptors (Lipinski definition) is 2. The molecule has 2 nitrogen and oxygen atoms in total. The third-order valence-corrected chi connectivity index (χ3v) is 5.04. The lowest BCUT2D eigenvalue weighted by molar-refractivity contribution is 0.589. The Morgan fingerprint density at radius 2 is 2.00 bits per heavy atom. The van der Waals surface area contributed by atoms with E-state index in [1.54, 1.807) is 23.6 Å². The van der Waals surface area contributed by atoms with Crippen LogP contribution in [0.2, 0.25) is 0 Å². The van der Waals surface area contributed by atoms with E-state index < -0.39 is 0 Å². The molecule has 0 aliphatic heterocycles. The molecule has 0 aliphatic carbocycles. The predicted octanol–water partition coefficient (Wildman–Crippen LogP) is 5.92. The summed E-state index contributed by atoms with van der Waals surface area (Å²) in [5.41, 5.74) is 2.56. The van der Waals surface area contributed by atoms with E-state index >= 15 is 0 Å². The van der Waals surface area contributed by atoms with Gasteiger partial charge in [-0.3, -0.25) is 0 Å². The number of thiophene rings is 1. The molecule has 0 N–H and O–H groups in total. The minimum atomic E-state index is -0.175. The highest BCUT2D eigenvalue weighted by Crippen LogP contribution is 2.28. The minimum absolute atomic E-state index is 0.175. The third kappa shape index (κ3) is 4.18. The smallest absolute Gasteiger partial charge is 0.128 e. The number of aromatic nitrogens is 2. The number of hydrogen-bond donors (Lipinski definition) is 0. The first-order chi connectivity index (χ1) is 11.9. The standard InChI is InChI=1S/C21H24FN2S/c1-14(2)9-19-10-18(13-25-19)16-5-6-17(20(22)11-16)12-24-8-7-23-21(24)15(3)4/h5-8,10-11,14-15H,9,12H2,1-4H3. The molecule has 1 aromatic carbocycles. The maximum Gasteiger partial charge on any atom is 0.128 e. The van der Waals surface area contributed by atoms with Crippen LogP contribution in [-0.2, 0) is 13.0 Å². The van der Waals surface area contributed by atoms with Gasteiger partial charge in [-0.2, -0.15) is 0 Å². The summed E-state index contributed by atoms with van der Waals surface area (Å²) < 4.78 is 16.6. The summed E-state index contributed by atoms with van der Waals surface area (Å²) in [5.74, 6) is 1.74. The maximum absolute atomic E-state index is 14.6. The highest BCUT2D eigenvalue weighted by atomic mass is 32.1. The van der Waals surface area contributed by atoms with Crippen molar-refractivity contribution in [3.05, 3.63) is 64.1 Å². The Labute approximate surface area is 153 Å². The molecule has 4 heteroatoms. The summed E-state index contributed by atoms with van der Waals surface area (Å²) in [6.45, 7) is 9.11. The molecular formula is C21H24FN2S. The lowest BCUT2D eigenvalue weighted by atomic mass is 10.0. The SMILES string of the molecule is CC(C)Cc1cc(-c2ccc(Cn3ccnc3C(C)C)c(F)c2)[c]s1. The van der Waals surface area contributed by atoms with Crippen molar-refractivity contribution in [3.63, 3.8) is 0 Å². The second-order valence-electron chi connectivity index (χ2n) is 7.20. The van der Waals surface area contributed by atoms with Gasteiger partial charge in [0.25, 0.3) is 0 Å². The Bertz CT molecular complexity index is 845. The van der Waals surface area contributed by atoms with Crippen molar-refractivity contribution in [2.45, 2.75) is 46.6 Å². The average molecular weight is 356 g/mol. The van der Waals surface area contributed by atoms with Crippen LogP contribution in [0.5, 0.6) is 0 Å². The molecule has 2 aromatic heterocycles. The summed E-state index contributed by atoms with van der Waals surface area (Å²) in [5, 5.41) is 3.30. The molecule has 0 amide bonds. The Balaban J connectivity index is 1.81. The first-order valence-corrected chi connectivity index (χ1v) is 9.56. The fourth-order valence-electron chi connectivity index (χ4n) is 2.97. The predicted molar refractivity (Wildman–Crippen MR) is 103 cm³/mol. The monoisotopic (exact) mass is 355 g/mol. The van der Waals surface area contributed by atoms with E-state index in [1.807, 2.05) is 22.9 Å². The van der Waals surface area contributed by atoms with Crippen LogP contribution in [0.1, 0.15) is 49.9 Å². The molecule has 1 radical (unpaired) electrons. The zero-order chi connectivity index (χ0) is 18.0. The van der Waals surface area contributed by atoms with Crippen LogP contribution in [0, 0.1) is 17.1 Å². The Hall–Kier alpha value is -1.94. The van der Waals surface area contributed by atoms with Gasteiger partial charge in [-0.1, -0.05) is 39.8 Å². The van der Waals surface area contributed by atoms with Crippen molar-refractivity contribution in [2.24, 2.45) is 5.92 Å². The van der Waals surface area contributed by atoms with Gasteiger partial charge < -0.3 is 4.57 Å². The van der Waals surface area contributed by atoms with Gasteiger partial charge in [0.05, 0.1) is 11.9 Å². The average Bonchev–Trinajstić information content (AvgIpc) is 3.18. The normalized spacial score (nSPS) is 11.6. The first-order valence-electron chi connectivity index (χ1n) is 8.74. The fraction of sp³-hybridized carbons (Fsp3) is 0.381. The number of halogens is 1. The first kappa shape index (κ1) is 17.9. The lowest BCUT2D eigenvalue weighted by Crippen LogP contribution is -2.07. The molecule has 0 unspecified atom stereocenters. The molecule has 0 saturated carbocycles. The summed E-state index contributed by atoms with van der Waals surface area (Å²) in [6.07, 6.45) is 4.73. The molecule has 0 bridgehead atoms. The van der Waals surface area contributed by atoms with Crippen LogP contribution < -0.4 is 0 Å². The van der Waals surface area contributed by atoms with Gasteiger partial charge in [0.2, 0.25) is 0 Å². The Morgan fingerprint density at radius 1 is 1.20 bits per heavy atom. The molecule has 131 valence electrons. The van der Waals surface area contributed by atoms with Crippen LogP contribution in [0.3, 0.4) is 0 Å². The molecule has 0 fully saturated rings. The van der Waals surface area contributed by atoms with Gasteiger partial charge in [-0.15, -0.1) is 11.3 Å². The van der Waals surface area contributed by atoms with E-state index in [1.165, 1.54) is 4.88 Å². The summed E-state index contributed by atoms with van der Waals surface area (Å²) >= 11 is 1.63. The lowest BCUT2D eigenvalue weighted by Gasteiger charge is -2.11. The third-order valence-electron chi connectivity index (χ3n) is 4.18. The minimum Gasteiger partial charge on any atom is -0.330 e. The van der Waals surface area contributed by atoms with Crippen molar-refractivity contribution in [1.82, 2.24) is 9.55 Å². The molecule has 0 saturated heterocycles. The van der Waals surface area contributed by atoms with Crippen LogP contribution in [-0.4, -0.2) is 9.55 Å². The molecule has 0 atom stereocenters. The highest BCUT2D eigenvalue weighted by Gasteiger charge is 2.12. The van der Waals surface area contributed by atoms with Crippen molar-refractivity contribution >= 4 is 11.3 Å². The van der Waals surface area contributed by atoms with Crippen LogP contribution in [0.4, 0.5) is 4.39 Å². The van der Waals surface area contributed by atoms with Gasteiger partial charge in [0, 0.05) is 34.3 Å². The largest absolute Gasteiger partial charge is 0.330 e. The van der Waals surface area contributed by atoms with E-state index in [-0.39, 0.29) is 5.82 Å². The quantitative estimate of drug-likeness (QED) is 0.536. The van der Waals surface area contributed by atoms with E-state index in [4.69, 9.17) is 0 Å². The van der Waals surface area contributed by atoms with Crippen LogP contribution in [0.15, 0.2) is 36.7 Å². The Morgan fingerprint density at radius 3 is 2.68 bits per heavy atom. The van der Waals surface area contributed by atoms with E-state index in [0.717, 1.165) is 23.4 Å². The van der Waals surface area contributed by atoms with Crippen molar-refractivity contribution in [1.29, 1.82) is 0 Å². The Kier molecular flexibility index (Phi) is 5.38. The van der Waals surface area contributed by atoms with E-state index in [2.05, 4.69) is 44.1 Å². The maximum atomic E-state index is 14.6. The summed E-state index contributed by atoms with van der Waals surface area (Å²) in [7, 11) is 0. The van der Waals surface area contributed by atoms with Crippen molar-refractivity contribution in [2.75, 3.05) is 0 Å². The summed E-state index contributed by atoms with van der Waals surface area (Å²) in [6, 6.07) is 7.62. The molecule has 0 aliphatic rings. The van der Waals surface area contributed by atoms with Crippen LogP contribution in [0.25, 0.3) is 11.1 Å².